The third-order valence-electron chi connectivity index (χ3n) is 2.35. The van der Waals surface area contributed by atoms with Crippen molar-refractivity contribution < 1.29 is 14.3 Å². The van der Waals surface area contributed by atoms with Gasteiger partial charge in [-0.25, -0.2) is 0 Å². The summed E-state index contributed by atoms with van der Waals surface area (Å²) in [6, 6.07) is 7.44. The average molecular weight is 301 g/mol. The summed E-state index contributed by atoms with van der Waals surface area (Å²) in [6.07, 6.45) is 2.16. The molecule has 0 N–H and O–H groups in total. The molecule has 0 aliphatic heterocycles. The van der Waals surface area contributed by atoms with E-state index >= 15 is 0 Å². The van der Waals surface area contributed by atoms with Crippen LogP contribution in [-0.2, 0) is 9.53 Å². The molecule has 0 aliphatic carbocycles. The van der Waals surface area contributed by atoms with E-state index in [0.29, 0.717) is 0 Å². The molecule has 1 aromatic rings. The number of unbranched alkanes of at least 4 members (excludes halogenated alkanes) is 1. The average Bonchev–Trinajstić information content (AvgIpc) is 2.38. The molecular formula is C13H17BrO3. The van der Waals surface area contributed by atoms with Crippen LogP contribution in [0.4, 0.5) is 0 Å². The van der Waals surface area contributed by atoms with E-state index in [4.69, 9.17) is 4.74 Å². The third-order valence-corrected chi connectivity index (χ3v) is 3.25. The second-order valence-electron chi connectivity index (χ2n) is 3.66. The Morgan fingerprint density at radius 1 is 1.35 bits per heavy atom. The Labute approximate surface area is 110 Å². The van der Waals surface area contributed by atoms with Crippen molar-refractivity contribution >= 4 is 21.9 Å². The number of methoxy groups -OCH3 is 1. The van der Waals surface area contributed by atoms with Gasteiger partial charge in [-0.15, -0.1) is 0 Å². The van der Waals surface area contributed by atoms with Crippen LogP contribution in [0.1, 0.15) is 30.2 Å². The summed E-state index contributed by atoms with van der Waals surface area (Å²) in [7, 11) is 1.37. The molecule has 0 amide bonds. The van der Waals surface area contributed by atoms with Crippen molar-refractivity contribution in [3.63, 3.8) is 0 Å². The monoisotopic (exact) mass is 300 g/mol. The Bertz CT molecular complexity index is 348. The van der Waals surface area contributed by atoms with Gasteiger partial charge in [-0.1, -0.05) is 41.4 Å². The van der Waals surface area contributed by atoms with Crippen molar-refractivity contribution in [1.82, 2.24) is 0 Å². The lowest BCUT2D eigenvalue weighted by Gasteiger charge is -2.09. The number of carbonyl (C=O) groups is 1. The van der Waals surface area contributed by atoms with E-state index in [2.05, 4.69) is 27.6 Å². The maximum atomic E-state index is 11.3. The second kappa shape index (κ2) is 7.33. The van der Waals surface area contributed by atoms with Gasteiger partial charge in [-0.05, 0) is 24.1 Å². The van der Waals surface area contributed by atoms with Gasteiger partial charge in [0.05, 0.1) is 13.7 Å². The lowest BCUT2D eigenvalue weighted by molar-refractivity contribution is -0.139. The molecule has 0 radical (unpaired) electrons. The van der Waals surface area contributed by atoms with E-state index in [-0.39, 0.29) is 5.97 Å². The van der Waals surface area contributed by atoms with E-state index in [1.165, 1.54) is 7.11 Å². The predicted octanol–water partition coefficient (Wildman–Crippen LogP) is 3.47. The molecule has 17 heavy (non-hydrogen) atoms. The Kier molecular flexibility index (Phi) is 6.05. The highest BCUT2D eigenvalue weighted by atomic mass is 79.9. The number of benzene rings is 1. The minimum Gasteiger partial charge on any atom is -0.494 e. The molecule has 0 aliphatic rings. The molecule has 0 aromatic heterocycles. The van der Waals surface area contributed by atoms with E-state index in [9.17, 15) is 4.79 Å². The van der Waals surface area contributed by atoms with Crippen LogP contribution in [0.25, 0.3) is 0 Å². The van der Waals surface area contributed by atoms with Crippen molar-refractivity contribution in [2.24, 2.45) is 0 Å². The molecule has 94 valence electrons. The molecule has 0 saturated heterocycles. The number of alkyl halides is 1. The first-order valence-electron chi connectivity index (χ1n) is 5.63. The maximum Gasteiger partial charge on any atom is 0.323 e. The van der Waals surface area contributed by atoms with Crippen LogP contribution < -0.4 is 4.74 Å². The summed E-state index contributed by atoms with van der Waals surface area (Å²) in [5.41, 5.74) is 0.861. The van der Waals surface area contributed by atoms with Crippen molar-refractivity contribution in [3.05, 3.63) is 29.8 Å². The summed E-state index contributed by atoms with van der Waals surface area (Å²) in [6.45, 7) is 2.85. The van der Waals surface area contributed by atoms with Crippen LogP contribution in [0.2, 0.25) is 0 Å². The van der Waals surface area contributed by atoms with Crippen molar-refractivity contribution in [2.45, 2.75) is 24.6 Å². The molecule has 1 atom stereocenters. The van der Waals surface area contributed by atoms with Gasteiger partial charge in [0.25, 0.3) is 0 Å². The number of rotatable bonds is 6. The summed E-state index contributed by atoms with van der Waals surface area (Å²) < 4.78 is 10.2. The smallest absolute Gasteiger partial charge is 0.323 e. The molecule has 4 heteroatoms. The summed E-state index contributed by atoms with van der Waals surface area (Å²) >= 11 is 3.28. The molecule has 0 spiro atoms. The fraction of sp³-hybridized carbons (Fsp3) is 0.462. The molecule has 0 fully saturated rings. The van der Waals surface area contributed by atoms with Gasteiger partial charge in [-0.3, -0.25) is 4.79 Å². The van der Waals surface area contributed by atoms with Crippen LogP contribution in [-0.4, -0.2) is 19.7 Å². The van der Waals surface area contributed by atoms with Gasteiger partial charge in [0.2, 0.25) is 0 Å². The highest BCUT2D eigenvalue weighted by Gasteiger charge is 2.17. The Hall–Kier alpha value is -1.03. The topological polar surface area (TPSA) is 35.5 Å². The number of esters is 1. The quantitative estimate of drug-likeness (QED) is 0.458. The van der Waals surface area contributed by atoms with E-state index in [1.807, 2.05) is 24.3 Å². The standard InChI is InChI=1S/C13H17BrO3/c1-3-4-9-17-11-7-5-10(6-8-11)12(14)13(15)16-2/h5-8,12H,3-4,9H2,1-2H3. The van der Waals surface area contributed by atoms with Crippen LogP contribution in [0.5, 0.6) is 5.75 Å². The Morgan fingerprint density at radius 3 is 2.53 bits per heavy atom. The molecule has 1 aromatic carbocycles. The Balaban J connectivity index is 2.58. The highest BCUT2D eigenvalue weighted by molar-refractivity contribution is 9.09. The molecule has 1 rings (SSSR count). The molecule has 3 nitrogen and oxygen atoms in total. The van der Waals surface area contributed by atoms with Gasteiger partial charge in [0.1, 0.15) is 10.6 Å². The van der Waals surface area contributed by atoms with Crippen molar-refractivity contribution in [2.75, 3.05) is 13.7 Å². The van der Waals surface area contributed by atoms with E-state index in [1.54, 1.807) is 0 Å². The fourth-order valence-corrected chi connectivity index (χ4v) is 1.80. The number of hydrogen-bond donors (Lipinski definition) is 0. The lowest BCUT2D eigenvalue weighted by atomic mass is 10.1. The van der Waals surface area contributed by atoms with Crippen LogP contribution >= 0.6 is 15.9 Å². The van der Waals surface area contributed by atoms with Gasteiger partial charge in [0.15, 0.2) is 0 Å². The minimum atomic E-state index is -0.419. The SMILES string of the molecule is CCCCOc1ccc(C(Br)C(=O)OC)cc1. The summed E-state index contributed by atoms with van der Waals surface area (Å²) in [4.78, 5) is 10.9. The lowest BCUT2D eigenvalue weighted by Crippen LogP contribution is -2.08. The van der Waals surface area contributed by atoms with Gasteiger partial charge in [-0.2, -0.15) is 0 Å². The zero-order valence-electron chi connectivity index (χ0n) is 10.1. The summed E-state index contributed by atoms with van der Waals surface area (Å²) in [5, 5.41) is 0. The zero-order chi connectivity index (χ0) is 12.7. The second-order valence-corrected chi connectivity index (χ2v) is 4.57. The van der Waals surface area contributed by atoms with Gasteiger partial charge >= 0.3 is 5.97 Å². The van der Waals surface area contributed by atoms with Crippen LogP contribution in [0.3, 0.4) is 0 Å². The number of ether oxygens (including phenoxy) is 2. The molecule has 0 heterocycles. The van der Waals surface area contributed by atoms with Gasteiger partial charge < -0.3 is 9.47 Å². The zero-order valence-corrected chi connectivity index (χ0v) is 11.7. The van der Waals surface area contributed by atoms with Gasteiger partial charge in [0, 0.05) is 0 Å². The summed E-state index contributed by atoms with van der Waals surface area (Å²) in [5.74, 6) is 0.524. The number of carbonyl (C=O) groups excluding carboxylic acids is 1. The van der Waals surface area contributed by atoms with Crippen molar-refractivity contribution in [3.8, 4) is 5.75 Å². The fourth-order valence-electron chi connectivity index (χ4n) is 1.31. The number of halogens is 1. The third kappa shape index (κ3) is 4.38. The highest BCUT2D eigenvalue weighted by Crippen LogP contribution is 2.25. The Morgan fingerprint density at radius 2 is 2.00 bits per heavy atom. The van der Waals surface area contributed by atoms with E-state index in [0.717, 1.165) is 30.8 Å². The minimum absolute atomic E-state index is 0.301. The first kappa shape index (κ1) is 14.0. The van der Waals surface area contributed by atoms with E-state index < -0.39 is 4.83 Å². The maximum absolute atomic E-state index is 11.3. The largest absolute Gasteiger partial charge is 0.494 e. The normalized spacial score (nSPS) is 11.9. The van der Waals surface area contributed by atoms with Crippen molar-refractivity contribution in [1.29, 1.82) is 0 Å². The molecular weight excluding hydrogens is 284 g/mol. The number of hydrogen-bond acceptors (Lipinski definition) is 3. The predicted molar refractivity (Wildman–Crippen MR) is 70.5 cm³/mol. The first-order valence-corrected chi connectivity index (χ1v) is 6.55. The molecule has 0 saturated carbocycles. The first-order chi connectivity index (χ1) is 8.19. The van der Waals surface area contributed by atoms with Crippen LogP contribution in [0.15, 0.2) is 24.3 Å². The van der Waals surface area contributed by atoms with Crippen LogP contribution in [0, 0.1) is 0 Å². The molecule has 1 unspecified atom stereocenters. The molecule has 0 bridgehead atoms.